The van der Waals surface area contributed by atoms with Crippen molar-refractivity contribution in [2.45, 2.75) is 18.9 Å². The summed E-state index contributed by atoms with van der Waals surface area (Å²) in [6, 6.07) is 8.84. The summed E-state index contributed by atoms with van der Waals surface area (Å²) >= 11 is 1.65. The van der Waals surface area contributed by atoms with Crippen LogP contribution >= 0.6 is 11.3 Å². The van der Waals surface area contributed by atoms with Crippen LogP contribution in [0, 0.1) is 0 Å². The van der Waals surface area contributed by atoms with E-state index in [0.29, 0.717) is 12.6 Å². The number of ether oxygens (including phenoxy) is 1. The van der Waals surface area contributed by atoms with Crippen molar-refractivity contribution < 1.29 is 9.53 Å². The number of carbonyl (C=O) groups is 1. The molecule has 0 saturated carbocycles. The van der Waals surface area contributed by atoms with Crippen molar-refractivity contribution in [1.82, 2.24) is 9.88 Å². The number of benzene rings is 1. The minimum atomic E-state index is -0.160. The fraction of sp³-hybridized carbons (Fsp3) is 0.412. The largest absolute Gasteiger partial charge is 0.468 e. The fourth-order valence-electron chi connectivity index (χ4n) is 2.83. The molecule has 23 heavy (non-hydrogen) atoms. The van der Waals surface area contributed by atoms with Gasteiger partial charge in [0.25, 0.3) is 0 Å². The first-order chi connectivity index (χ1) is 11.2. The number of esters is 1. The highest BCUT2D eigenvalue weighted by Crippen LogP contribution is 2.25. The van der Waals surface area contributed by atoms with Crippen molar-refractivity contribution in [3.63, 3.8) is 0 Å². The van der Waals surface area contributed by atoms with Gasteiger partial charge < -0.3 is 10.1 Å². The summed E-state index contributed by atoms with van der Waals surface area (Å²) in [4.78, 5) is 17.8. The molecule has 1 saturated heterocycles. The number of nitrogens with zero attached hydrogens (tertiary/aromatic N) is 2. The molecule has 0 radical (unpaired) electrons. The third kappa shape index (κ3) is 4.30. The van der Waals surface area contributed by atoms with Crippen LogP contribution in [0.5, 0.6) is 0 Å². The third-order valence-corrected chi connectivity index (χ3v) is 4.90. The van der Waals surface area contributed by atoms with Crippen LogP contribution in [0.3, 0.4) is 0 Å². The van der Waals surface area contributed by atoms with Gasteiger partial charge in [-0.25, -0.2) is 4.98 Å². The Bertz CT molecular complexity index is 637. The van der Waals surface area contributed by atoms with Crippen LogP contribution in [0.2, 0.25) is 0 Å². The first-order valence-electron chi connectivity index (χ1n) is 7.80. The maximum atomic E-state index is 11.3. The molecule has 1 N–H and O–H groups in total. The van der Waals surface area contributed by atoms with Gasteiger partial charge in [0.05, 0.1) is 13.7 Å². The SMILES string of the molecule is COC(=O)CN1CCC(Nc2cccc(-c3nccs3)c2)CC1. The molecule has 2 aromatic rings. The molecule has 122 valence electrons. The summed E-state index contributed by atoms with van der Waals surface area (Å²) in [5.41, 5.74) is 2.28. The summed E-state index contributed by atoms with van der Waals surface area (Å²) in [6.45, 7) is 2.22. The number of nitrogens with one attached hydrogen (secondary N) is 1. The van der Waals surface area contributed by atoms with Crippen LogP contribution < -0.4 is 5.32 Å². The number of hydrogen-bond acceptors (Lipinski definition) is 6. The van der Waals surface area contributed by atoms with E-state index in [2.05, 4.69) is 39.5 Å². The summed E-state index contributed by atoms with van der Waals surface area (Å²) < 4.78 is 4.72. The predicted octanol–water partition coefficient (Wildman–Crippen LogP) is 2.86. The van der Waals surface area contributed by atoms with Gasteiger partial charge in [0, 0.05) is 42.0 Å². The number of piperidine rings is 1. The van der Waals surface area contributed by atoms with Gasteiger partial charge in [0.15, 0.2) is 0 Å². The fourth-order valence-corrected chi connectivity index (χ4v) is 3.46. The average Bonchev–Trinajstić information content (AvgIpc) is 3.11. The first-order valence-corrected chi connectivity index (χ1v) is 8.68. The highest BCUT2D eigenvalue weighted by atomic mass is 32.1. The average molecular weight is 331 g/mol. The zero-order valence-electron chi connectivity index (χ0n) is 13.2. The van der Waals surface area contributed by atoms with Crippen LogP contribution in [0.1, 0.15) is 12.8 Å². The summed E-state index contributed by atoms with van der Waals surface area (Å²) in [5.74, 6) is -0.160. The van der Waals surface area contributed by atoms with E-state index < -0.39 is 0 Å². The number of anilines is 1. The molecule has 0 amide bonds. The minimum Gasteiger partial charge on any atom is -0.468 e. The number of likely N-dealkylation sites (tertiary alicyclic amines) is 1. The molecule has 0 bridgehead atoms. The molecule has 0 unspecified atom stereocenters. The second-order valence-electron chi connectivity index (χ2n) is 5.69. The maximum Gasteiger partial charge on any atom is 0.319 e. The van der Waals surface area contributed by atoms with E-state index in [1.54, 1.807) is 11.3 Å². The van der Waals surface area contributed by atoms with Crippen molar-refractivity contribution >= 4 is 23.0 Å². The number of aromatic nitrogens is 1. The van der Waals surface area contributed by atoms with Gasteiger partial charge in [-0.3, -0.25) is 9.69 Å². The van der Waals surface area contributed by atoms with E-state index in [1.165, 1.54) is 7.11 Å². The lowest BCUT2D eigenvalue weighted by molar-refractivity contribution is -0.142. The number of thiazole rings is 1. The summed E-state index contributed by atoms with van der Waals surface area (Å²) in [7, 11) is 1.44. The minimum absolute atomic E-state index is 0.160. The van der Waals surface area contributed by atoms with E-state index in [0.717, 1.165) is 42.2 Å². The second kappa shape index (κ2) is 7.57. The Morgan fingerprint density at radius 1 is 1.43 bits per heavy atom. The number of carbonyl (C=O) groups excluding carboxylic acids is 1. The summed E-state index contributed by atoms with van der Waals surface area (Å²) in [6.07, 6.45) is 3.88. The lowest BCUT2D eigenvalue weighted by Gasteiger charge is -2.32. The highest BCUT2D eigenvalue weighted by molar-refractivity contribution is 7.13. The predicted molar refractivity (Wildman–Crippen MR) is 92.7 cm³/mol. The topological polar surface area (TPSA) is 54.5 Å². The number of hydrogen-bond donors (Lipinski definition) is 1. The first kappa shape index (κ1) is 16.0. The normalized spacial score (nSPS) is 16.2. The molecule has 6 heteroatoms. The van der Waals surface area contributed by atoms with Gasteiger partial charge >= 0.3 is 5.97 Å². The van der Waals surface area contributed by atoms with E-state index in [1.807, 2.05) is 11.6 Å². The van der Waals surface area contributed by atoms with Gasteiger partial charge in [-0.1, -0.05) is 12.1 Å². The van der Waals surface area contributed by atoms with E-state index >= 15 is 0 Å². The summed E-state index contributed by atoms with van der Waals surface area (Å²) in [5, 5.41) is 6.64. The van der Waals surface area contributed by atoms with E-state index in [-0.39, 0.29) is 5.97 Å². The molecule has 2 heterocycles. The van der Waals surface area contributed by atoms with Gasteiger partial charge in [0.1, 0.15) is 5.01 Å². The molecule has 5 nitrogen and oxygen atoms in total. The monoisotopic (exact) mass is 331 g/mol. The van der Waals surface area contributed by atoms with Crippen LogP contribution in [-0.4, -0.2) is 48.6 Å². The Kier molecular flexibility index (Phi) is 5.25. The van der Waals surface area contributed by atoms with Gasteiger partial charge in [0.2, 0.25) is 0 Å². The Labute approximate surface area is 140 Å². The molecule has 0 atom stereocenters. The van der Waals surface area contributed by atoms with Crippen molar-refractivity contribution in [3.05, 3.63) is 35.8 Å². The quantitative estimate of drug-likeness (QED) is 0.854. The zero-order chi connectivity index (χ0) is 16.1. The second-order valence-corrected chi connectivity index (χ2v) is 6.58. The zero-order valence-corrected chi connectivity index (χ0v) is 14.0. The Morgan fingerprint density at radius 3 is 2.96 bits per heavy atom. The van der Waals surface area contributed by atoms with Gasteiger partial charge in [-0.05, 0) is 25.0 Å². The van der Waals surface area contributed by atoms with Crippen LogP contribution in [0.15, 0.2) is 35.8 Å². The molecule has 1 aliphatic rings. The molecular weight excluding hydrogens is 310 g/mol. The lowest BCUT2D eigenvalue weighted by atomic mass is 10.0. The van der Waals surface area contributed by atoms with Crippen molar-refractivity contribution in [3.8, 4) is 10.6 Å². The maximum absolute atomic E-state index is 11.3. The Hall–Kier alpha value is -1.92. The van der Waals surface area contributed by atoms with Crippen LogP contribution in [0.4, 0.5) is 5.69 Å². The molecular formula is C17H21N3O2S. The number of rotatable bonds is 5. The molecule has 1 aromatic carbocycles. The van der Waals surface area contributed by atoms with Crippen molar-refractivity contribution in [2.75, 3.05) is 32.1 Å². The molecule has 0 spiro atoms. The molecule has 1 aromatic heterocycles. The van der Waals surface area contributed by atoms with Gasteiger partial charge in [-0.15, -0.1) is 11.3 Å². The van der Waals surface area contributed by atoms with E-state index in [9.17, 15) is 4.79 Å². The van der Waals surface area contributed by atoms with Crippen LogP contribution in [-0.2, 0) is 9.53 Å². The van der Waals surface area contributed by atoms with Crippen LogP contribution in [0.25, 0.3) is 10.6 Å². The standard InChI is InChI=1S/C17H21N3O2S/c1-22-16(21)12-20-8-5-14(6-9-20)19-15-4-2-3-13(11-15)17-18-7-10-23-17/h2-4,7,10-11,14,19H,5-6,8-9,12H2,1H3. The molecule has 3 rings (SSSR count). The molecule has 1 aliphatic heterocycles. The lowest BCUT2D eigenvalue weighted by Crippen LogP contribution is -2.41. The molecule has 0 aliphatic carbocycles. The smallest absolute Gasteiger partial charge is 0.319 e. The Balaban J connectivity index is 1.55. The Morgan fingerprint density at radius 2 is 2.26 bits per heavy atom. The third-order valence-electron chi connectivity index (χ3n) is 4.08. The highest BCUT2D eigenvalue weighted by Gasteiger charge is 2.21. The number of methoxy groups -OCH3 is 1. The van der Waals surface area contributed by atoms with Crippen molar-refractivity contribution in [1.29, 1.82) is 0 Å². The molecule has 1 fully saturated rings. The van der Waals surface area contributed by atoms with Crippen molar-refractivity contribution in [2.24, 2.45) is 0 Å². The van der Waals surface area contributed by atoms with E-state index in [4.69, 9.17) is 4.74 Å². The van der Waals surface area contributed by atoms with Gasteiger partial charge in [-0.2, -0.15) is 0 Å².